The molecular weight excluding hydrogens is 302 g/mol. The third-order valence-corrected chi connectivity index (χ3v) is 4.42. The normalized spacial score (nSPS) is 13.7. The van der Waals surface area contributed by atoms with Crippen molar-refractivity contribution < 1.29 is 22.7 Å². The Kier molecular flexibility index (Phi) is 6.86. The van der Waals surface area contributed by atoms with Crippen LogP contribution < -0.4 is 5.73 Å². The summed E-state index contributed by atoms with van der Waals surface area (Å²) in [4.78, 5) is 11.6. The second kappa shape index (κ2) is 8.15. The molecule has 0 spiro atoms. The summed E-state index contributed by atoms with van der Waals surface area (Å²) in [6, 6.07) is 6.42. The van der Waals surface area contributed by atoms with Crippen molar-refractivity contribution in [3.8, 4) is 0 Å². The first kappa shape index (κ1) is 16.8. The molecule has 20 heavy (non-hydrogen) atoms. The van der Waals surface area contributed by atoms with Gasteiger partial charge in [-0.05, 0) is 24.3 Å². The Bertz CT molecular complexity index is 527. The monoisotopic (exact) mass is 319 g/mol. The molecule has 0 radical (unpaired) electrons. The van der Waals surface area contributed by atoms with Crippen LogP contribution in [0, 0.1) is 0 Å². The number of ether oxygens (including phenoxy) is 2. The number of nitrogens with two attached hydrogens (primary N) is 1. The number of carbonyl (C=O) groups is 1. The molecule has 112 valence electrons. The van der Waals surface area contributed by atoms with Gasteiger partial charge in [0.05, 0.1) is 31.6 Å². The van der Waals surface area contributed by atoms with E-state index in [0.29, 0.717) is 11.3 Å². The summed E-state index contributed by atoms with van der Waals surface area (Å²) in [6.07, 6.45) is 0. The van der Waals surface area contributed by atoms with Crippen LogP contribution >= 0.6 is 0 Å². The van der Waals surface area contributed by atoms with Crippen molar-refractivity contribution in [3.63, 3.8) is 0 Å². The molecule has 1 unspecified atom stereocenters. The summed E-state index contributed by atoms with van der Waals surface area (Å²) < 4.78 is 26.1. The minimum absolute atomic E-state index is 0.106. The molecule has 0 bridgehead atoms. The Morgan fingerprint density at radius 2 is 1.90 bits per heavy atom. The first-order chi connectivity index (χ1) is 9.44. The fourth-order valence-electron chi connectivity index (χ4n) is 1.24. The minimum Gasteiger partial charge on any atom is -0.460 e. The Labute approximate surface area is 123 Å². The first-order valence-electron chi connectivity index (χ1n) is 5.83. The van der Waals surface area contributed by atoms with E-state index in [1.54, 1.807) is 24.3 Å². The highest BCUT2D eigenvalue weighted by Crippen LogP contribution is 2.06. The van der Waals surface area contributed by atoms with Crippen LogP contribution in [0.3, 0.4) is 0 Å². The van der Waals surface area contributed by atoms with Gasteiger partial charge in [0.1, 0.15) is 15.4 Å². The van der Waals surface area contributed by atoms with Crippen LogP contribution in [0.2, 0.25) is 0 Å². The molecule has 0 aliphatic carbocycles. The van der Waals surface area contributed by atoms with Crippen molar-refractivity contribution in [1.82, 2.24) is 0 Å². The van der Waals surface area contributed by atoms with Gasteiger partial charge in [-0.2, -0.15) is 0 Å². The number of nitrogen functional groups attached to an aromatic ring is 1. The summed E-state index contributed by atoms with van der Waals surface area (Å²) in [5.41, 5.74) is 6.52. The van der Waals surface area contributed by atoms with Gasteiger partial charge in [-0.25, -0.2) is 9.00 Å². The largest absolute Gasteiger partial charge is 0.460 e. The molecule has 0 fully saturated rings. The SMILES string of the molecule is COS(=O)(=S)CCOCCOC(=O)c1ccc(N)cc1. The van der Waals surface area contributed by atoms with Gasteiger partial charge in [-0.1, -0.05) is 0 Å². The van der Waals surface area contributed by atoms with Crippen molar-refractivity contribution in [2.75, 3.05) is 38.4 Å². The van der Waals surface area contributed by atoms with E-state index in [1.807, 2.05) is 0 Å². The molecule has 8 heteroatoms. The second-order valence-electron chi connectivity index (χ2n) is 3.80. The third-order valence-electron chi connectivity index (χ3n) is 2.34. The summed E-state index contributed by atoms with van der Waals surface area (Å²) in [6.45, 7) is 0.500. The smallest absolute Gasteiger partial charge is 0.338 e. The highest BCUT2D eigenvalue weighted by atomic mass is 32.8. The number of rotatable bonds is 8. The van der Waals surface area contributed by atoms with Crippen LogP contribution in [0.1, 0.15) is 10.4 Å². The van der Waals surface area contributed by atoms with Crippen LogP contribution in [0.15, 0.2) is 24.3 Å². The zero-order valence-electron chi connectivity index (χ0n) is 11.1. The zero-order valence-corrected chi connectivity index (χ0v) is 12.7. The topological polar surface area (TPSA) is 87.9 Å². The predicted octanol–water partition coefficient (Wildman–Crippen LogP) is 0.750. The van der Waals surface area contributed by atoms with E-state index in [1.165, 1.54) is 7.11 Å². The van der Waals surface area contributed by atoms with E-state index in [2.05, 4.69) is 15.4 Å². The number of hydrogen-bond donors (Lipinski definition) is 1. The standard InChI is InChI=1S/C12H17NO5S2/c1-16-20(15,19)9-8-17-6-7-18-12(14)10-2-4-11(13)5-3-10/h2-5H,6-9,13H2,1H3. The maximum Gasteiger partial charge on any atom is 0.338 e. The summed E-state index contributed by atoms with van der Waals surface area (Å²) in [7, 11) is -1.39. The van der Waals surface area contributed by atoms with Crippen molar-refractivity contribution in [3.05, 3.63) is 29.8 Å². The molecule has 0 saturated heterocycles. The average Bonchev–Trinajstić information content (AvgIpc) is 2.43. The molecule has 0 heterocycles. The second-order valence-corrected chi connectivity index (χ2v) is 7.18. The van der Waals surface area contributed by atoms with Gasteiger partial charge >= 0.3 is 5.97 Å². The van der Waals surface area contributed by atoms with Crippen LogP contribution in [-0.4, -0.2) is 42.9 Å². The highest BCUT2D eigenvalue weighted by Gasteiger charge is 2.07. The van der Waals surface area contributed by atoms with Gasteiger partial charge in [-0.15, -0.1) is 0 Å². The lowest BCUT2D eigenvalue weighted by atomic mass is 10.2. The van der Waals surface area contributed by atoms with E-state index in [0.717, 1.165) is 0 Å². The fraction of sp³-hybridized carbons (Fsp3) is 0.417. The zero-order chi connectivity index (χ0) is 15.0. The molecule has 2 N–H and O–H groups in total. The molecule has 0 saturated carbocycles. The number of carbonyl (C=O) groups excluding carboxylic acids is 1. The maximum atomic E-state index is 11.6. The Balaban J connectivity index is 2.18. The van der Waals surface area contributed by atoms with Gasteiger partial charge in [0.2, 0.25) is 0 Å². The summed E-state index contributed by atoms with van der Waals surface area (Å²) >= 11 is 4.67. The fourth-order valence-corrected chi connectivity index (χ4v) is 1.93. The molecule has 6 nitrogen and oxygen atoms in total. The number of benzene rings is 1. The molecule has 1 aromatic rings. The molecule has 0 amide bonds. The van der Waals surface area contributed by atoms with Crippen LogP contribution in [0.5, 0.6) is 0 Å². The summed E-state index contributed by atoms with van der Waals surface area (Å²) in [5, 5.41) is 0. The Morgan fingerprint density at radius 3 is 2.50 bits per heavy atom. The van der Waals surface area contributed by atoms with Crippen molar-refractivity contribution >= 4 is 31.6 Å². The molecule has 1 aromatic carbocycles. The van der Waals surface area contributed by atoms with E-state index < -0.39 is 14.7 Å². The van der Waals surface area contributed by atoms with Gasteiger partial charge in [0, 0.05) is 16.9 Å². The molecule has 1 atom stereocenters. The lowest BCUT2D eigenvalue weighted by molar-refractivity contribution is 0.0337. The van der Waals surface area contributed by atoms with Crippen LogP contribution in [0.25, 0.3) is 0 Å². The lowest BCUT2D eigenvalue weighted by Gasteiger charge is -2.07. The van der Waals surface area contributed by atoms with E-state index >= 15 is 0 Å². The number of hydrogen-bond acceptors (Lipinski definition) is 7. The van der Waals surface area contributed by atoms with E-state index in [9.17, 15) is 9.00 Å². The molecule has 0 aliphatic heterocycles. The van der Waals surface area contributed by atoms with Crippen LogP contribution in [0.4, 0.5) is 5.69 Å². The lowest BCUT2D eigenvalue weighted by Crippen LogP contribution is -2.15. The Hall–Kier alpha value is -1.22. The summed E-state index contributed by atoms with van der Waals surface area (Å²) in [5.74, 6) is -0.317. The van der Waals surface area contributed by atoms with Gasteiger partial charge in [-0.3, -0.25) is 4.18 Å². The van der Waals surface area contributed by atoms with Gasteiger partial charge in [0.25, 0.3) is 0 Å². The molecule has 1 rings (SSSR count). The maximum absolute atomic E-state index is 11.6. The number of esters is 1. The average molecular weight is 319 g/mol. The third kappa shape index (κ3) is 6.29. The molecule has 0 aliphatic rings. The molecule has 0 aromatic heterocycles. The van der Waals surface area contributed by atoms with Crippen molar-refractivity contribution in [2.24, 2.45) is 0 Å². The van der Waals surface area contributed by atoms with E-state index in [4.69, 9.17) is 15.2 Å². The minimum atomic E-state index is -2.68. The first-order valence-corrected chi connectivity index (χ1v) is 8.41. The quantitative estimate of drug-likeness (QED) is 0.430. The Morgan fingerprint density at radius 1 is 1.25 bits per heavy atom. The van der Waals surface area contributed by atoms with E-state index in [-0.39, 0.29) is 25.6 Å². The van der Waals surface area contributed by atoms with Gasteiger partial charge in [0.15, 0.2) is 0 Å². The number of anilines is 1. The molecular formula is C12H17NO5S2. The predicted molar refractivity (Wildman–Crippen MR) is 79.3 cm³/mol. The van der Waals surface area contributed by atoms with Crippen molar-refractivity contribution in [1.29, 1.82) is 0 Å². The van der Waals surface area contributed by atoms with Crippen LogP contribution in [-0.2, 0) is 33.6 Å². The van der Waals surface area contributed by atoms with Gasteiger partial charge < -0.3 is 15.2 Å². The van der Waals surface area contributed by atoms with Crippen molar-refractivity contribution in [2.45, 2.75) is 0 Å². The highest BCUT2D eigenvalue weighted by molar-refractivity contribution is 8.30.